The first kappa shape index (κ1) is 32.2. The zero-order valence-electron chi connectivity index (χ0n) is 26.0. The number of amides is 2. The highest BCUT2D eigenvalue weighted by atomic mass is 19.1. The number of nitrogens with one attached hydrogen (secondary N) is 1. The number of anilines is 1. The van der Waals surface area contributed by atoms with Gasteiger partial charge in [0.2, 0.25) is 5.91 Å². The van der Waals surface area contributed by atoms with Crippen molar-refractivity contribution in [1.82, 2.24) is 4.90 Å². The molecule has 1 heterocycles. The van der Waals surface area contributed by atoms with Crippen molar-refractivity contribution in [3.63, 3.8) is 0 Å². The van der Waals surface area contributed by atoms with Gasteiger partial charge in [0.1, 0.15) is 36.6 Å². The van der Waals surface area contributed by atoms with Gasteiger partial charge in [-0.15, -0.1) is 0 Å². The summed E-state index contributed by atoms with van der Waals surface area (Å²) in [4.78, 5) is 29.0. The van der Waals surface area contributed by atoms with Gasteiger partial charge >= 0.3 is 6.09 Å². The molecule has 0 aromatic heterocycles. The van der Waals surface area contributed by atoms with E-state index in [-0.39, 0.29) is 18.8 Å². The molecule has 1 saturated heterocycles. The van der Waals surface area contributed by atoms with Crippen LogP contribution in [-0.2, 0) is 16.1 Å². The molecule has 1 fully saturated rings. The number of hydrogen-bond donors (Lipinski definition) is 1. The number of cyclic esters (lactones) is 1. The molecule has 3 atom stereocenters. The number of rotatable bonds is 12. The van der Waals surface area contributed by atoms with Crippen molar-refractivity contribution in [1.29, 1.82) is 0 Å². The summed E-state index contributed by atoms with van der Waals surface area (Å²) in [7, 11) is 0. The van der Waals surface area contributed by atoms with Crippen molar-refractivity contribution >= 4 is 23.8 Å². The van der Waals surface area contributed by atoms with Gasteiger partial charge in [-0.2, -0.15) is 0 Å². The van der Waals surface area contributed by atoms with Crippen LogP contribution >= 0.6 is 0 Å². The lowest BCUT2D eigenvalue weighted by Crippen LogP contribution is -2.42. The van der Waals surface area contributed by atoms with Crippen molar-refractivity contribution in [2.45, 2.75) is 25.1 Å². The third-order valence-corrected chi connectivity index (χ3v) is 8.24. The Labute approximate surface area is 278 Å². The monoisotopic (exact) mass is 644 g/mol. The number of imide groups is 1. The fourth-order valence-corrected chi connectivity index (χ4v) is 5.72. The van der Waals surface area contributed by atoms with Gasteiger partial charge in [0.15, 0.2) is 0 Å². The summed E-state index contributed by atoms with van der Waals surface area (Å²) in [5.74, 6) is -1.34. The zero-order chi connectivity index (χ0) is 33.3. The smallest absolute Gasteiger partial charge is 0.417 e. The summed E-state index contributed by atoms with van der Waals surface area (Å²) in [6.45, 7) is 0.431. The highest BCUT2D eigenvalue weighted by molar-refractivity contribution is 5.95. The van der Waals surface area contributed by atoms with Gasteiger partial charge in [0.05, 0.1) is 12.0 Å². The van der Waals surface area contributed by atoms with Gasteiger partial charge in [-0.05, 0) is 77.2 Å². The number of benzene rings is 5. The summed E-state index contributed by atoms with van der Waals surface area (Å²) in [5, 5.41) is 3.44. The molecule has 1 aliphatic rings. The van der Waals surface area contributed by atoms with Crippen molar-refractivity contribution in [2.24, 2.45) is 5.92 Å². The first-order valence-corrected chi connectivity index (χ1v) is 15.7. The Morgan fingerprint density at radius 3 is 2.12 bits per heavy atom. The van der Waals surface area contributed by atoms with Crippen LogP contribution in [-0.4, -0.2) is 23.5 Å². The molecule has 0 saturated carbocycles. The minimum Gasteiger partial charge on any atom is -0.489 e. The van der Waals surface area contributed by atoms with E-state index in [1.54, 1.807) is 24.3 Å². The second kappa shape index (κ2) is 15.2. The van der Waals surface area contributed by atoms with Crippen LogP contribution in [0.15, 0.2) is 140 Å². The molecule has 0 aliphatic carbocycles. The molecule has 1 aliphatic heterocycles. The number of carbonyl (C=O) groups is 2. The molecule has 0 spiro atoms. The topological polar surface area (TPSA) is 67.9 Å². The minimum atomic E-state index is -0.820. The van der Waals surface area contributed by atoms with E-state index < -0.39 is 35.8 Å². The minimum absolute atomic E-state index is 0.0379. The molecular weight excluding hydrogens is 610 g/mol. The zero-order valence-corrected chi connectivity index (χ0v) is 26.0. The number of carbonyl (C=O) groups excluding carboxylic acids is 2. The summed E-state index contributed by atoms with van der Waals surface area (Å²) in [6, 6.07) is 37.2. The van der Waals surface area contributed by atoms with Crippen LogP contribution in [0.4, 0.5) is 19.3 Å². The molecule has 0 radical (unpaired) electrons. The van der Waals surface area contributed by atoms with Crippen LogP contribution < -0.4 is 10.1 Å². The molecule has 48 heavy (non-hydrogen) atoms. The Morgan fingerprint density at radius 1 is 0.833 bits per heavy atom. The highest BCUT2D eigenvalue weighted by Crippen LogP contribution is 2.37. The number of ether oxygens (including phenoxy) is 2. The summed E-state index contributed by atoms with van der Waals surface area (Å²) in [5.41, 5.74) is 3.91. The lowest BCUT2D eigenvalue weighted by atomic mass is 9.87. The average molecular weight is 645 g/mol. The molecule has 0 bridgehead atoms. The third kappa shape index (κ3) is 7.96. The van der Waals surface area contributed by atoms with E-state index in [0.717, 1.165) is 22.3 Å². The Kier molecular flexibility index (Phi) is 10.2. The Hall–Kier alpha value is -5.76. The Balaban J connectivity index is 1.35. The summed E-state index contributed by atoms with van der Waals surface area (Å²) in [6.07, 6.45) is 3.15. The van der Waals surface area contributed by atoms with Crippen LogP contribution in [0.3, 0.4) is 0 Å². The molecule has 1 unspecified atom stereocenters. The third-order valence-electron chi connectivity index (χ3n) is 8.24. The maximum atomic E-state index is 14.6. The standard InChI is InChI=1S/C40H34F2N2O4/c41-32-18-14-28(15-19-32)10-7-13-36(39(45)44-37(27-48-40(44)46)30-11-5-2-6-12-30)38(43-34-22-20-33(42)21-23-34)31-16-24-35(25-17-31)47-26-29-8-3-1-4-9-29/h1-12,14-25,36-38,43H,13,26-27H2/b10-7-/t36-,37-,38?/m1/s1. The van der Waals surface area contributed by atoms with E-state index in [0.29, 0.717) is 18.0 Å². The maximum Gasteiger partial charge on any atom is 0.417 e. The second-order valence-electron chi connectivity index (χ2n) is 11.5. The van der Waals surface area contributed by atoms with Gasteiger partial charge in [-0.1, -0.05) is 97.1 Å². The predicted octanol–water partition coefficient (Wildman–Crippen LogP) is 9.14. The number of halogens is 2. The molecule has 8 heteroatoms. The van der Waals surface area contributed by atoms with Crippen LogP contribution in [0, 0.1) is 17.6 Å². The lowest BCUT2D eigenvalue weighted by Gasteiger charge is -2.31. The number of hydrogen-bond acceptors (Lipinski definition) is 5. The maximum absolute atomic E-state index is 14.6. The number of nitrogens with zero attached hydrogens (tertiary/aromatic N) is 1. The molecular formula is C40H34F2N2O4. The van der Waals surface area contributed by atoms with Crippen molar-refractivity contribution in [3.8, 4) is 5.75 Å². The SMILES string of the molecule is O=C1OC[C@H](c2ccccc2)N1C(=O)[C@H](C/C=C\c1ccc(F)cc1)C(Nc1ccc(F)cc1)c1ccc(OCc2ccccc2)cc1. The summed E-state index contributed by atoms with van der Waals surface area (Å²) < 4.78 is 38.9. The first-order valence-electron chi connectivity index (χ1n) is 15.7. The van der Waals surface area contributed by atoms with Gasteiger partial charge in [-0.25, -0.2) is 18.5 Å². The average Bonchev–Trinajstić information content (AvgIpc) is 3.52. The van der Waals surface area contributed by atoms with Crippen LogP contribution in [0.25, 0.3) is 6.08 Å². The van der Waals surface area contributed by atoms with E-state index in [1.165, 1.54) is 29.2 Å². The fraction of sp³-hybridized carbons (Fsp3) is 0.150. The first-order chi connectivity index (χ1) is 23.4. The van der Waals surface area contributed by atoms with E-state index in [1.807, 2.05) is 97.1 Å². The molecule has 6 rings (SSSR count). The fourth-order valence-electron chi connectivity index (χ4n) is 5.72. The highest BCUT2D eigenvalue weighted by Gasteiger charge is 2.43. The Morgan fingerprint density at radius 2 is 1.46 bits per heavy atom. The van der Waals surface area contributed by atoms with Gasteiger partial charge in [-0.3, -0.25) is 4.79 Å². The van der Waals surface area contributed by atoms with Crippen LogP contribution in [0.1, 0.15) is 40.8 Å². The van der Waals surface area contributed by atoms with Crippen molar-refractivity contribution in [2.75, 3.05) is 11.9 Å². The molecule has 6 nitrogen and oxygen atoms in total. The van der Waals surface area contributed by atoms with Crippen LogP contribution in [0.5, 0.6) is 5.75 Å². The molecule has 1 N–H and O–H groups in total. The van der Waals surface area contributed by atoms with E-state index in [4.69, 9.17) is 9.47 Å². The molecule has 5 aromatic carbocycles. The van der Waals surface area contributed by atoms with Crippen LogP contribution in [0.2, 0.25) is 0 Å². The quantitative estimate of drug-likeness (QED) is 0.147. The summed E-state index contributed by atoms with van der Waals surface area (Å²) >= 11 is 0. The van der Waals surface area contributed by atoms with Gasteiger partial charge in [0.25, 0.3) is 0 Å². The van der Waals surface area contributed by atoms with Crippen molar-refractivity contribution < 1.29 is 27.8 Å². The lowest BCUT2D eigenvalue weighted by molar-refractivity contribution is -0.134. The van der Waals surface area contributed by atoms with E-state index >= 15 is 0 Å². The second-order valence-corrected chi connectivity index (χ2v) is 11.5. The Bertz CT molecular complexity index is 1830. The predicted molar refractivity (Wildman–Crippen MR) is 181 cm³/mol. The van der Waals surface area contributed by atoms with Gasteiger partial charge in [0, 0.05) is 5.69 Å². The largest absolute Gasteiger partial charge is 0.489 e. The number of allylic oxidation sites excluding steroid dienone is 1. The van der Waals surface area contributed by atoms with E-state index in [9.17, 15) is 18.4 Å². The molecule has 2 amide bonds. The van der Waals surface area contributed by atoms with Crippen molar-refractivity contribution in [3.05, 3.63) is 173 Å². The normalized spacial score (nSPS) is 15.6. The molecule has 5 aromatic rings. The van der Waals surface area contributed by atoms with E-state index in [2.05, 4.69) is 5.32 Å². The molecule has 242 valence electrons. The van der Waals surface area contributed by atoms with Gasteiger partial charge < -0.3 is 14.8 Å².